The van der Waals surface area contributed by atoms with Crippen LogP contribution in [0.1, 0.15) is 24.2 Å². The zero-order chi connectivity index (χ0) is 15.6. The summed E-state index contributed by atoms with van der Waals surface area (Å²) in [6.45, 7) is 3.33. The third-order valence-corrected chi connectivity index (χ3v) is 3.24. The van der Waals surface area contributed by atoms with Crippen LogP contribution < -0.4 is 10.0 Å². The quantitative estimate of drug-likeness (QED) is 0.894. The monoisotopic (exact) mass is 310 g/mol. The van der Waals surface area contributed by atoms with Gasteiger partial charge in [0.2, 0.25) is 0 Å². The first-order valence-electron chi connectivity index (χ1n) is 5.53. The molecule has 0 saturated heterocycles. The lowest BCUT2D eigenvalue weighted by Crippen LogP contribution is -2.33. The van der Waals surface area contributed by atoms with Gasteiger partial charge in [-0.1, -0.05) is 12.1 Å². The SMILES string of the molecule is CC(C)NC(=O)c1ccccc1NS(=O)(=O)C(F)(F)F. The molecule has 1 aromatic carbocycles. The van der Waals surface area contributed by atoms with Crippen LogP contribution in [0.4, 0.5) is 18.9 Å². The summed E-state index contributed by atoms with van der Waals surface area (Å²) in [6, 6.07) is 4.81. The van der Waals surface area contributed by atoms with Gasteiger partial charge in [-0.25, -0.2) is 0 Å². The molecule has 5 nitrogen and oxygen atoms in total. The van der Waals surface area contributed by atoms with Crippen molar-refractivity contribution in [2.45, 2.75) is 25.4 Å². The van der Waals surface area contributed by atoms with Gasteiger partial charge in [-0.05, 0) is 26.0 Å². The van der Waals surface area contributed by atoms with Crippen molar-refractivity contribution < 1.29 is 26.4 Å². The maximum absolute atomic E-state index is 12.3. The lowest BCUT2D eigenvalue weighted by atomic mass is 10.1. The highest BCUT2D eigenvalue weighted by atomic mass is 32.2. The Labute approximate surface area is 114 Å². The standard InChI is InChI=1S/C11H13F3N2O3S/c1-7(2)15-10(17)8-5-3-4-6-9(8)16-20(18,19)11(12,13)14/h3-7,16H,1-2H3,(H,15,17). The van der Waals surface area contributed by atoms with Gasteiger partial charge in [0.1, 0.15) is 0 Å². The highest BCUT2D eigenvalue weighted by Gasteiger charge is 2.46. The van der Waals surface area contributed by atoms with Gasteiger partial charge in [0, 0.05) is 6.04 Å². The summed E-state index contributed by atoms with van der Waals surface area (Å²) in [5, 5.41) is 2.47. The van der Waals surface area contributed by atoms with E-state index in [-0.39, 0.29) is 11.6 Å². The molecule has 1 aromatic rings. The largest absolute Gasteiger partial charge is 0.516 e. The molecule has 2 N–H and O–H groups in total. The number of carbonyl (C=O) groups excluding carboxylic acids is 1. The van der Waals surface area contributed by atoms with Gasteiger partial charge >= 0.3 is 15.5 Å². The van der Waals surface area contributed by atoms with Crippen molar-refractivity contribution in [1.82, 2.24) is 5.32 Å². The Bertz CT molecular complexity index is 597. The molecular weight excluding hydrogens is 297 g/mol. The average molecular weight is 310 g/mol. The highest BCUT2D eigenvalue weighted by molar-refractivity contribution is 7.93. The number of anilines is 1. The first kappa shape index (κ1) is 16.3. The number of carbonyl (C=O) groups is 1. The number of sulfonamides is 1. The van der Waals surface area contributed by atoms with E-state index in [4.69, 9.17) is 0 Å². The molecule has 20 heavy (non-hydrogen) atoms. The lowest BCUT2D eigenvalue weighted by molar-refractivity contribution is -0.0429. The molecular formula is C11H13F3N2O3S. The van der Waals surface area contributed by atoms with Crippen molar-refractivity contribution in [3.63, 3.8) is 0 Å². The Balaban J connectivity index is 3.13. The molecule has 0 saturated carbocycles. The van der Waals surface area contributed by atoms with Crippen LogP contribution >= 0.6 is 0 Å². The molecule has 0 atom stereocenters. The number of amides is 1. The molecule has 0 aliphatic rings. The predicted molar refractivity (Wildman–Crippen MR) is 67.6 cm³/mol. The van der Waals surface area contributed by atoms with Gasteiger partial charge in [0.05, 0.1) is 11.3 Å². The third-order valence-electron chi connectivity index (χ3n) is 2.14. The molecule has 0 unspecified atom stereocenters. The summed E-state index contributed by atoms with van der Waals surface area (Å²) in [6.07, 6.45) is 0. The van der Waals surface area contributed by atoms with Gasteiger partial charge in [0.15, 0.2) is 0 Å². The molecule has 0 aliphatic heterocycles. The number of hydrogen-bond acceptors (Lipinski definition) is 3. The molecule has 9 heteroatoms. The fraction of sp³-hybridized carbons (Fsp3) is 0.364. The Hall–Kier alpha value is -1.77. The fourth-order valence-corrected chi connectivity index (χ4v) is 1.90. The number of halogens is 3. The molecule has 0 bridgehead atoms. The predicted octanol–water partition coefficient (Wildman–Crippen LogP) is 2.09. The topological polar surface area (TPSA) is 75.3 Å². The Morgan fingerprint density at radius 2 is 1.75 bits per heavy atom. The maximum atomic E-state index is 12.3. The van der Waals surface area contributed by atoms with Crippen molar-refractivity contribution in [1.29, 1.82) is 0 Å². The average Bonchev–Trinajstić information content (AvgIpc) is 2.26. The van der Waals surface area contributed by atoms with Gasteiger partial charge in [0.25, 0.3) is 5.91 Å². The van der Waals surface area contributed by atoms with Crippen molar-refractivity contribution in [2.75, 3.05) is 4.72 Å². The Morgan fingerprint density at radius 3 is 2.25 bits per heavy atom. The summed E-state index contributed by atoms with van der Waals surface area (Å²) in [5.74, 6) is -0.666. The van der Waals surface area contributed by atoms with E-state index in [1.165, 1.54) is 22.9 Å². The van der Waals surface area contributed by atoms with Gasteiger partial charge < -0.3 is 5.32 Å². The van der Waals surface area contributed by atoms with Gasteiger partial charge in [-0.2, -0.15) is 21.6 Å². The van der Waals surface area contributed by atoms with Crippen LogP contribution in [0, 0.1) is 0 Å². The summed E-state index contributed by atoms with van der Waals surface area (Å²) >= 11 is 0. The first-order chi connectivity index (χ1) is 9.04. The van der Waals surface area contributed by atoms with Crippen LogP contribution in [-0.2, 0) is 10.0 Å². The number of nitrogens with one attached hydrogen (secondary N) is 2. The van der Waals surface area contributed by atoms with E-state index in [0.29, 0.717) is 0 Å². The first-order valence-corrected chi connectivity index (χ1v) is 7.02. The molecule has 0 spiro atoms. The fourth-order valence-electron chi connectivity index (χ4n) is 1.31. The van der Waals surface area contributed by atoms with Crippen LogP contribution in [0.3, 0.4) is 0 Å². The smallest absolute Gasteiger partial charge is 0.350 e. The number of hydrogen-bond donors (Lipinski definition) is 2. The van der Waals surface area contributed by atoms with Crippen molar-refractivity contribution in [3.05, 3.63) is 29.8 Å². The zero-order valence-electron chi connectivity index (χ0n) is 10.7. The molecule has 112 valence electrons. The van der Waals surface area contributed by atoms with Crippen LogP contribution in [-0.4, -0.2) is 25.9 Å². The molecule has 1 rings (SSSR count). The van der Waals surface area contributed by atoms with E-state index >= 15 is 0 Å². The molecule has 1 amide bonds. The highest BCUT2D eigenvalue weighted by Crippen LogP contribution is 2.26. The van der Waals surface area contributed by atoms with E-state index in [2.05, 4.69) is 5.32 Å². The summed E-state index contributed by atoms with van der Waals surface area (Å²) in [7, 11) is -5.57. The van der Waals surface area contributed by atoms with E-state index in [1.807, 2.05) is 0 Å². The molecule has 0 radical (unpaired) electrons. The molecule has 0 fully saturated rings. The minimum atomic E-state index is -5.57. The van der Waals surface area contributed by atoms with Crippen molar-refractivity contribution in [3.8, 4) is 0 Å². The second kappa shape index (κ2) is 5.70. The molecule has 0 aromatic heterocycles. The van der Waals surface area contributed by atoms with Crippen LogP contribution in [0.15, 0.2) is 24.3 Å². The van der Waals surface area contributed by atoms with E-state index < -0.39 is 27.1 Å². The normalized spacial score (nSPS) is 12.3. The third kappa shape index (κ3) is 3.86. The number of rotatable bonds is 4. The molecule has 0 heterocycles. The van der Waals surface area contributed by atoms with Crippen LogP contribution in [0.5, 0.6) is 0 Å². The summed E-state index contributed by atoms with van der Waals surface area (Å²) in [5.41, 5.74) is -6.06. The van der Waals surface area contributed by atoms with Crippen LogP contribution in [0.25, 0.3) is 0 Å². The van der Waals surface area contributed by atoms with E-state index in [1.54, 1.807) is 13.8 Å². The van der Waals surface area contributed by atoms with E-state index in [0.717, 1.165) is 6.07 Å². The van der Waals surface area contributed by atoms with Crippen molar-refractivity contribution in [2.24, 2.45) is 0 Å². The van der Waals surface area contributed by atoms with Gasteiger partial charge in [-0.15, -0.1) is 0 Å². The van der Waals surface area contributed by atoms with Gasteiger partial charge in [-0.3, -0.25) is 9.52 Å². The maximum Gasteiger partial charge on any atom is 0.516 e. The lowest BCUT2D eigenvalue weighted by Gasteiger charge is -2.15. The van der Waals surface area contributed by atoms with Crippen molar-refractivity contribution >= 4 is 21.6 Å². The Morgan fingerprint density at radius 1 is 1.20 bits per heavy atom. The van der Waals surface area contributed by atoms with Crippen LogP contribution in [0.2, 0.25) is 0 Å². The minimum Gasteiger partial charge on any atom is -0.350 e. The zero-order valence-corrected chi connectivity index (χ0v) is 11.5. The number of alkyl halides is 3. The van der Waals surface area contributed by atoms with E-state index in [9.17, 15) is 26.4 Å². The minimum absolute atomic E-state index is 0.186. The number of para-hydroxylation sites is 1. The second-order valence-corrected chi connectivity index (χ2v) is 5.90. The second-order valence-electron chi connectivity index (χ2n) is 4.22. The number of benzene rings is 1. The Kier molecular flexibility index (Phi) is 4.64. The summed E-state index contributed by atoms with van der Waals surface area (Å²) in [4.78, 5) is 11.8. The molecule has 0 aliphatic carbocycles. The summed E-state index contributed by atoms with van der Waals surface area (Å²) < 4.78 is 60.4.